The number of amides is 2. The Bertz CT molecular complexity index is 1110. The fourth-order valence-electron chi connectivity index (χ4n) is 2.56. The van der Waals surface area contributed by atoms with E-state index in [0.29, 0.717) is 22.8 Å². The molecule has 0 aliphatic carbocycles. The second-order valence-electron chi connectivity index (χ2n) is 6.17. The van der Waals surface area contributed by atoms with E-state index in [1.165, 1.54) is 35.6 Å². The molecule has 0 bridgehead atoms. The van der Waals surface area contributed by atoms with Gasteiger partial charge in [-0.15, -0.1) is 0 Å². The Morgan fingerprint density at radius 2 is 2.03 bits per heavy atom. The van der Waals surface area contributed by atoms with Crippen molar-refractivity contribution < 1.29 is 14.5 Å². The summed E-state index contributed by atoms with van der Waals surface area (Å²) < 4.78 is 0.831. The first kappa shape index (κ1) is 20.2. The van der Waals surface area contributed by atoms with Crippen molar-refractivity contribution in [2.45, 2.75) is 19.8 Å². The van der Waals surface area contributed by atoms with Gasteiger partial charge in [0.25, 0.3) is 5.69 Å². The monoisotopic (exact) mass is 410 g/mol. The highest BCUT2D eigenvalue weighted by molar-refractivity contribution is 7.22. The van der Waals surface area contributed by atoms with E-state index in [9.17, 15) is 19.7 Å². The highest BCUT2D eigenvalue weighted by Crippen LogP contribution is 2.28. The number of carbonyl (C=O) groups is 2. The van der Waals surface area contributed by atoms with E-state index < -0.39 is 4.92 Å². The minimum Gasteiger partial charge on any atom is -0.322 e. The summed E-state index contributed by atoms with van der Waals surface area (Å²) >= 11 is 1.33. The standard InChI is InChI=1S/C20H18N4O4S/c1-2-4-18(25)23-20-22-16-9-8-14(12-17(16)29-20)21-19(26)10-7-13-5-3-6-15(11-13)24(27)28/h3,5-12H,2,4H2,1H3,(H,21,26)(H,22,23,25). The number of rotatable bonds is 7. The molecule has 0 atom stereocenters. The van der Waals surface area contributed by atoms with Crippen molar-refractivity contribution in [2.24, 2.45) is 0 Å². The zero-order valence-corrected chi connectivity index (χ0v) is 16.4. The zero-order valence-electron chi connectivity index (χ0n) is 15.5. The summed E-state index contributed by atoms with van der Waals surface area (Å²) in [6.45, 7) is 1.93. The largest absolute Gasteiger partial charge is 0.322 e. The molecular formula is C20H18N4O4S. The van der Waals surface area contributed by atoms with Crippen molar-refractivity contribution in [1.29, 1.82) is 0 Å². The molecule has 8 nitrogen and oxygen atoms in total. The maximum Gasteiger partial charge on any atom is 0.270 e. The molecular weight excluding hydrogens is 392 g/mol. The van der Waals surface area contributed by atoms with Crippen LogP contribution in [0.4, 0.5) is 16.5 Å². The molecule has 0 unspecified atom stereocenters. The van der Waals surface area contributed by atoms with Crippen LogP contribution in [0.5, 0.6) is 0 Å². The number of nitro groups is 1. The molecule has 0 spiro atoms. The van der Waals surface area contributed by atoms with Gasteiger partial charge in [0.1, 0.15) is 0 Å². The van der Waals surface area contributed by atoms with Crippen LogP contribution in [0.1, 0.15) is 25.3 Å². The number of carbonyl (C=O) groups excluding carboxylic acids is 2. The van der Waals surface area contributed by atoms with Crippen molar-refractivity contribution in [3.05, 3.63) is 64.2 Å². The third kappa shape index (κ3) is 5.45. The quantitative estimate of drug-likeness (QED) is 0.336. The number of hydrogen-bond acceptors (Lipinski definition) is 6. The average Bonchev–Trinajstić information content (AvgIpc) is 3.08. The van der Waals surface area contributed by atoms with E-state index in [2.05, 4.69) is 15.6 Å². The number of non-ortho nitro benzene ring substituents is 1. The molecule has 148 valence electrons. The summed E-state index contributed by atoms with van der Waals surface area (Å²) in [6, 6.07) is 11.3. The molecule has 0 saturated carbocycles. The number of nitrogens with zero attached hydrogens (tertiary/aromatic N) is 2. The SMILES string of the molecule is CCCC(=O)Nc1nc2ccc(NC(=O)C=Cc3cccc([N+](=O)[O-])c3)cc2s1. The molecule has 2 N–H and O–H groups in total. The maximum atomic E-state index is 12.2. The normalized spacial score (nSPS) is 10.9. The molecule has 0 aliphatic heterocycles. The van der Waals surface area contributed by atoms with E-state index in [1.54, 1.807) is 30.3 Å². The molecule has 9 heteroatoms. The molecule has 0 radical (unpaired) electrons. The molecule has 1 heterocycles. The summed E-state index contributed by atoms with van der Waals surface area (Å²) in [7, 11) is 0. The Morgan fingerprint density at radius 3 is 2.79 bits per heavy atom. The van der Waals surface area contributed by atoms with E-state index in [4.69, 9.17) is 0 Å². The van der Waals surface area contributed by atoms with Crippen LogP contribution in [0.15, 0.2) is 48.5 Å². The number of benzene rings is 2. The van der Waals surface area contributed by atoms with Gasteiger partial charge in [-0.1, -0.05) is 30.4 Å². The van der Waals surface area contributed by atoms with Gasteiger partial charge in [0, 0.05) is 30.3 Å². The van der Waals surface area contributed by atoms with Gasteiger partial charge in [0.2, 0.25) is 11.8 Å². The zero-order chi connectivity index (χ0) is 20.8. The van der Waals surface area contributed by atoms with Crippen LogP contribution in [0.25, 0.3) is 16.3 Å². The lowest BCUT2D eigenvalue weighted by Crippen LogP contribution is -2.09. The van der Waals surface area contributed by atoms with Crippen LogP contribution in [0.3, 0.4) is 0 Å². The lowest BCUT2D eigenvalue weighted by molar-refractivity contribution is -0.384. The van der Waals surface area contributed by atoms with Crippen molar-refractivity contribution >= 4 is 56.0 Å². The fourth-order valence-corrected chi connectivity index (χ4v) is 3.48. The van der Waals surface area contributed by atoms with Crippen LogP contribution in [0, 0.1) is 10.1 Å². The number of fused-ring (bicyclic) bond motifs is 1. The van der Waals surface area contributed by atoms with Crippen LogP contribution in [-0.4, -0.2) is 21.7 Å². The minimum atomic E-state index is -0.485. The van der Waals surface area contributed by atoms with Gasteiger partial charge in [0.05, 0.1) is 15.1 Å². The highest BCUT2D eigenvalue weighted by Gasteiger charge is 2.09. The molecule has 3 aromatic rings. The topological polar surface area (TPSA) is 114 Å². The molecule has 2 aromatic carbocycles. The summed E-state index contributed by atoms with van der Waals surface area (Å²) in [5.74, 6) is -0.441. The van der Waals surface area contributed by atoms with Crippen molar-refractivity contribution in [3.63, 3.8) is 0 Å². The maximum absolute atomic E-state index is 12.2. The van der Waals surface area contributed by atoms with E-state index in [-0.39, 0.29) is 17.5 Å². The molecule has 29 heavy (non-hydrogen) atoms. The van der Waals surface area contributed by atoms with Crippen molar-refractivity contribution in [3.8, 4) is 0 Å². The summed E-state index contributed by atoms with van der Waals surface area (Å²) in [4.78, 5) is 38.5. The molecule has 0 fully saturated rings. The van der Waals surface area contributed by atoms with E-state index >= 15 is 0 Å². The van der Waals surface area contributed by atoms with Gasteiger partial charge in [0.15, 0.2) is 5.13 Å². The predicted octanol–water partition coefficient (Wildman–Crippen LogP) is 4.60. The number of nitrogens with one attached hydrogen (secondary N) is 2. The van der Waals surface area contributed by atoms with Crippen LogP contribution >= 0.6 is 11.3 Å². The number of anilines is 2. The Labute approximate surface area is 170 Å². The third-order valence-electron chi connectivity index (χ3n) is 3.89. The van der Waals surface area contributed by atoms with Crippen LogP contribution in [0.2, 0.25) is 0 Å². The first-order valence-corrected chi connectivity index (χ1v) is 9.70. The fraction of sp³-hybridized carbons (Fsp3) is 0.150. The summed E-state index contributed by atoms with van der Waals surface area (Å²) in [5.41, 5.74) is 1.83. The number of aromatic nitrogens is 1. The lowest BCUT2D eigenvalue weighted by atomic mass is 10.2. The number of nitro benzene ring substituents is 1. The first-order valence-electron chi connectivity index (χ1n) is 8.88. The summed E-state index contributed by atoms with van der Waals surface area (Å²) in [5, 5.41) is 16.8. The number of hydrogen-bond donors (Lipinski definition) is 2. The minimum absolute atomic E-state index is 0.0370. The molecule has 0 saturated heterocycles. The number of thiazole rings is 1. The van der Waals surface area contributed by atoms with Gasteiger partial charge >= 0.3 is 0 Å². The van der Waals surface area contributed by atoms with Gasteiger partial charge in [-0.3, -0.25) is 19.7 Å². The lowest BCUT2D eigenvalue weighted by Gasteiger charge is -2.01. The molecule has 2 amide bonds. The van der Waals surface area contributed by atoms with Gasteiger partial charge in [-0.05, 0) is 36.3 Å². The summed E-state index contributed by atoms with van der Waals surface area (Å²) in [6.07, 6.45) is 4.02. The van der Waals surface area contributed by atoms with Crippen molar-refractivity contribution in [2.75, 3.05) is 10.6 Å². The second-order valence-corrected chi connectivity index (χ2v) is 7.21. The average molecular weight is 410 g/mol. The Kier molecular flexibility index (Phi) is 6.30. The molecule has 0 aliphatic rings. The Balaban J connectivity index is 1.67. The van der Waals surface area contributed by atoms with Crippen molar-refractivity contribution in [1.82, 2.24) is 4.98 Å². The molecule has 1 aromatic heterocycles. The van der Waals surface area contributed by atoms with Gasteiger partial charge in [-0.25, -0.2) is 4.98 Å². The highest BCUT2D eigenvalue weighted by atomic mass is 32.1. The van der Waals surface area contributed by atoms with E-state index in [1.807, 2.05) is 6.92 Å². The van der Waals surface area contributed by atoms with Gasteiger partial charge < -0.3 is 10.6 Å². The third-order valence-corrected chi connectivity index (χ3v) is 4.82. The smallest absolute Gasteiger partial charge is 0.270 e. The Hall–Kier alpha value is -3.59. The van der Waals surface area contributed by atoms with Crippen LogP contribution < -0.4 is 10.6 Å². The van der Waals surface area contributed by atoms with Crippen LogP contribution in [-0.2, 0) is 9.59 Å². The first-order chi connectivity index (χ1) is 13.9. The Morgan fingerprint density at radius 1 is 1.21 bits per heavy atom. The predicted molar refractivity (Wildman–Crippen MR) is 114 cm³/mol. The molecule has 3 rings (SSSR count). The van der Waals surface area contributed by atoms with Gasteiger partial charge in [-0.2, -0.15) is 0 Å². The van der Waals surface area contributed by atoms with E-state index in [0.717, 1.165) is 16.6 Å². The second kappa shape index (κ2) is 9.07.